The average molecular weight is 359 g/mol. The molecule has 2 aromatic rings. The summed E-state index contributed by atoms with van der Waals surface area (Å²) in [5.41, 5.74) is 1.52. The second kappa shape index (κ2) is 9.90. The van der Waals surface area contributed by atoms with Crippen LogP contribution in [0.15, 0.2) is 48.5 Å². The van der Waals surface area contributed by atoms with Gasteiger partial charge in [-0.2, -0.15) is 0 Å². The van der Waals surface area contributed by atoms with Crippen LogP contribution in [0.1, 0.15) is 43.7 Å². The molecule has 0 aromatic heterocycles. The Morgan fingerprint density at radius 2 is 1.88 bits per heavy atom. The highest BCUT2D eigenvalue weighted by atomic mass is 35.5. The van der Waals surface area contributed by atoms with Crippen LogP contribution in [0, 0.1) is 0 Å². The molecule has 132 valence electrons. The standard InChI is InChI=1S/C21H23ClO3/c1-2-3-4-8-13-25-20-12-11-18(22)14-17(20)15-19(21(23)24)16-9-6-5-7-10-16/h5-7,9-12,14-15H,2-4,8,13H2,1H3,(H,23,24)/b19-15-. The van der Waals surface area contributed by atoms with Crippen molar-refractivity contribution in [3.63, 3.8) is 0 Å². The van der Waals surface area contributed by atoms with Gasteiger partial charge in [0, 0.05) is 10.6 Å². The number of halogens is 1. The molecular weight excluding hydrogens is 336 g/mol. The summed E-state index contributed by atoms with van der Waals surface area (Å²) in [5.74, 6) is -0.337. The SMILES string of the molecule is CCCCCCOc1ccc(Cl)cc1/C=C(\C(=O)O)c1ccccc1. The van der Waals surface area contributed by atoms with Crippen molar-refractivity contribution in [1.82, 2.24) is 0 Å². The Kier molecular flexibility index (Phi) is 7.55. The summed E-state index contributed by atoms with van der Waals surface area (Å²) in [4.78, 5) is 11.7. The Labute approximate surface area is 153 Å². The van der Waals surface area contributed by atoms with Crippen LogP contribution in [0.4, 0.5) is 0 Å². The molecule has 3 nitrogen and oxygen atoms in total. The molecule has 2 rings (SSSR count). The Hall–Kier alpha value is -2.26. The van der Waals surface area contributed by atoms with Crippen LogP contribution in [-0.4, -0.2) is 17.7 Å². The largest absolute Gasteiger partial charge is 0.493 e. The minimum atomic E-state index is -0.986. The smallest absolute Gasteiger partial charge is 0.336 e. The summed E-state index contributed by atoms with van der Waals surface area (Å²) in [6.45, 7) is 2.77. The maximum atomic E-state index is 11.7. The van der Waals surface area contributed by atoms with E-state index in [1.165, 1.54) is 12.8 Å². The van der Waals surface area contributed by atoms with Crippen LogP contribution in [0.5, 0.6) is 5.75 Å². The fourth-order valence-electron chi connectivity index (χ4n) is 2.52. The van der Waals surface area contributed by atoms with Gasteiger partial charge in [0.1, 0.15) is 5.75 Å². The summed E-state index contributed by atoms with van der Waals surface area (Å²) >= 11 is 6.10. The van der Waals surface area contributed by atoms with Gasteiger partial charge >= 0.3 is 5.97 Å². The number of carbonyl (C=O) groups is 1. The van der Waals surface area contributed by atoms with Crippen LogP contribution in [0.25, 0.3) is 11.6 Å². The molecule has 0 heterocycles. The van der Waals surface area contributed by atoms with Crippen LogP contribution in [0.3, 0.4) is 0 Å². The lowest BCUT2D eigenvalue weighted by molar-refractivity contribution is -0.130. The van der Waals surface area contributed by atoms with E-state index in [1.807, 2.05) is 18.2 Å². The number of ether oxygens (including phenoxy) is 1. The molecule has 0 aliphatic carbocycles. The molecule has 0 aliphatic heterocycles. The number of aliphatic carboxylic acids is 1. The lowest BCUT2D eigenvalue weighted by Gasteiger charge is -2.11. The van der Waals surface area contributed by atoms with Gasteiger partial charge in [0.05, 0.1) is 12.2 Å². The highest BCUT2D eigenvalue weighted by molar-refractivity contribution is 6.31. The van der Waals surface area contributed by atoms with Gasteiger partial charge in [0.2, 0.25) is 0 Å². The van der Waals surface area contributed by atoms with Gasteiger partial charge in [0.15, 0.2) is 0 Å². The van der Waals surface area contributed by atoms with E-state index in [4.69, 9.17) is 16.3 Å². The van der Waals surface area contributed by atoms with Crippen molar-refractivity contribution in [1.29, 1.82) is 0 Å². The van der Waals surface area contributed by atoms with E-state index in [1.54, 1.807) is 36.4 Å². The first kappa shape index (κ1) is 19.1. The second-order valence-electron chi connectivity index (χ2n) is 5.82. The molecule has 0 amide bonds. The molecule has 0 atom stereocenters. The van der Waals surface area contributed by atoms with Crippen LogP contribution >= 0.6 is 11.6 Å². The molecule has 0 unspecified atom stereocenters. The zero-order chi connectivity index (χ0) is 18.1. The first-order chi connectivity index (χ1) is 12.1. The van der Waals surface area contributed by atoms with E-state index in [0.717, 1.165) is 12.8 Å². The van der Waals surface area contributed by atoms with E-state index < -0.39 is 5.97 Å². The molecule has 0 aliphatic rings. The Morgan fingerprint density at radius 3 is 2.56 bits per heavy atom. The van der Waals surface area contributed by atoms with Gasteiger partial charge in [-0.05, 0) is 36.3 Å². The van der Waals surface area contributed by atoms with Crippen LogP contribution < -0.4 is 4.74 Å². The van der Waals surface area contributed by atoms with Crippen molar-refractivity contribution >= 4 is 29.2 Å². The maximum absolute atomic E-state index is 11.7. The molecule has 1 N–H and O–H groups in total. The quantitative estimate of drug-likeness (QED) is 0.343. The lowest BCUT2D eigenvalue weighted by Crippen LogP contribution is -2.02. The van der Waals surface area contributed by atoms with Crippen molar-refractivity contribution in [3.8, 4) is 5.75 Å². The fourth-order valence-corrected chi connectivity index (χ4v) is 2.70. The summed E-state index contributed by atoms with van der Waals surface area (Å²) in [6, 6.07) is 14.3. The number of carboxylic acids is 1. The van der Waals surface area contributed by atoms with E-state index >= 15 is 0 Å². The van der Waals surface area contributed by atoms with Gasteiger partial charge in [-0.1, -0.05) is 68.1 Å². The van der Waals surface area contributed by atoms with Crippen molar-refractivity contribution in [2.24, 2.45) is 0 Å². The Balaban J connectivity index is 2.26. The lowest BCUT2D eigenvalue weighted by atomic mass is 10.0. The average Bonchev–Trinajstić information content (AvgIpc) is 2.61. The van der Waals surface area contributed by atoms with E-state index in [2.05, 4.69) is 6.92 Å². The van der Waals surface area contributed by atoms with Gasteiger partial charge in [-0.3, -0.25) is 0 Å². The third kappa shape index (κ3) is 5.95. The normalized spacial score (nSPS) is 11.4. The third-order valence-electron chi connectivity index (χ3n) is 3.84. The molecule has 0 spiro atoms. The maximum Gasteiger partial charge on any atom is 0.336 e. The fraction of sp³-hybridized carbons (Fsp3) is 0.286. The zero-order valence-corrected chi connectivity index (χ0v) is 15.1. The van der Waals surface area contributed by atoms with Crippen molar-refractivity contribution < 1.29 is 14.6 Å². The topological polar surface area (TPSA) is 46.5 Å². The molecule has 0 saturated carbocycles. The van der Waals surface area contributed by atoms with Gasteiger partial charge in [-0.25, -0.2) is 4.79 Å². The number of hydrogen-bond acceptors (Lipinski definition) is 2. The number of benzene rings is 2. The van der Waals surface area contributed by atoms with Gasteiger partial charge in [-0.15, -0.1) is 0 Å². The summed E-state index contributed by atoms with van der Waals surface area (Å²) in [5, 5.41) is 10.1. The highest BCUT2D eigenvalue weighted by Gasteiger charge is 2.12. The predicted octanol–water partition coefficient (Wildman–Crippen LogP) is 5.92. The summed E-state index contributed by atoms with van der Waals surface area (Å²) in [7, 11) is 0. The second-order valence-corrected chi connectivity index (χ2v) is 6.26. The van der Waals surface area contributed by atoms with Crippen LogP contribution in [0.2, 0.25) is 5.02 Å². The molecule has 0 saturated heterocycles. The van der Waals surface area contributed by atoms with Crippen molar-refractivity contribution in [2.45, 2.75) is 32.6 Å². The van der Waals surface area contributed by atoms with Crippen molar-refractivity contribution in [3.05, 3.63) is 64.7 Å². The van der Waals surface area contributed by atoms with Crippen LogP contribution in [-0.2, 0) is 4.79 Å². The molecule has 25 heavy (non-hydrogen) atoms. The predicted molar refractivity (Wildman–Crippen MR) is 103 cm³/mol. The van der Waals surface area contributed by atoms with E-state index in [-0.39, 0.29) is 5.57 Å². The summed E-state index contributed by atoms with van der Waals surface area (Å²) < 4.78 is 5.86. The zero-order valence-electron chi connectivity index (χ0n) is 14.4. The Morgan fingerprint density at radius 1 is 1.12 bits per heavy atom. The molecule has 0 fully saturated rings. The number of carboxylic acid groups (broad SMARTS) is 1. The van der Waals surface area contributed by atoms with E-state index in [9.17, 15) is 9.90 Å². The number of rotatable bonds is 9. The minimum Gasteiger partial charge on any atom is -0.493 e. The van der Waals surface area contributed by atoms with Crippen molar-refractivity contribution in [2.75, 3.05) is 6.61 Å². The third-order valence-corrected chi connectivity index (χ3v) is 4.08. The molecular formula is C21H23ClO3. The summed E-state index contributed by atoms with van der Waals surface area (Å²) in [6.07, 6.45) is 6.08. The van der Waals surface area contributed by atoms with E-state index in [0.29, 0.717) is 28.5 Å². The Bertz CT molecular complexity index is 723. The van der Waals surface area contributed by atoms with Gasteiger partial charge < -0.3 is 9.84 Å². The molecule has 4 heteroatoms. The molecule has 2 aromatic carbocycles. The first-order valence-electron chi connectivity index (χ1n) is 8.54. The minimum absolute atomic E-state index is 0.207. The monoisotopic (exact) mass is 358 g/mol. The molecule has 0 radical (unpaired) electrons. The number of hydrogen-bond donors (Lipinski definition) is 1. The highest BCUT2D eigenvalue weighted by Crippen LogP contribution is 2.28. The first-order valence-corrected chi connectivity index (χ1v) is 8.92. The van der Waals surface area contributed by atoms with Gasteiger partial charge in [0.25, 0.3) is 0 Å². The number of unbranched alkanes of at least 4 members (excludes halogenated alkanes) is 3. The molecule has 0 bridgehead atoms.